The van der Waals surface area contributed by atoms with E-state index in [9.17, 15) is 29.3 Å². The van der Waals surface area contributed by atoms with Crippen molar-refractivity contribution in [2.45, 2.75) is 31.1 Å². The molecule has 1 saturated heterocycles. The van der Waals surface area contributed by atoms with Crippen LogP contribution in [0.5, 0.6) is 0 Å². The second-order valence-electron chi connectivity index (χ2n) is 7.21. The molecule has 1 aromatic carbocycles. The molecule has 0 bridgehead atoms. The molecule has 31 heavy (non-hydrogen) atoms. The summed E-state index contributed by atoms with van der Waals surface area (Å²) in [6, 6.07) is 10.5. The molecule has 3 N–H and O–H groups in total. The van der Waals surface area contributed by atoms with Gasteiger partial charge < -0.3 is 20.1 Å². The normalized spacial score (nSPS) is 23.2. The topological polar surface area (TPSA) is 127 Å². The number of benzene rings is 1. The third-order valence-corrected chi connectivity index (χ3v) is 5.18. The van der Waals surface area contributed by atoms with E-state index in [0.717, 1.165) is 21.4 Å². The van der Waals surface area contributed by atoms with E-state index in [0.29, 0.717) is 16.8 Å². The van der Waals surface area contributed by atoms with E-state index >= 15 is 0 Å². The van der Waals surface area contributed by atoms with Crippen molar-refractivity contribution in [3.63, 3.8) is 0 Å². The van der Waals surface area contributed by atoms with E-state index in [-0.39, 0.29) is 6.54 Å². The smallest absolute Gasteiger partial charge is 0.333 e. The van der Waals surface area contributed by atoms with Gasteiger partial charge in [0.1, 0.15) is 24.1 Å². The molecule has 0 radical (unpaired) electrons. The molecule has 3 heterocycles. The first-order valence-electron chi connectivity index (χ1n) is 9.54. The Morgan fingerprint density at radius 1 is 1.06 bits per heavy atom. The monoisotopic (exact) mass is 429 g/mol. The van der Waals surface area contributed by atoms with Gasteiger partial charge in [-0.3, -0.25) is 18.9 Å². The summed E-state index contributed by atoms with van der Waals surface area (Å²) >= 11 is 0. The van der Waals surface area contributed by atoms with Gasteiger partial charge in [0.25, 0.3) is 5.56 Å². The Morgan fingerprint density at radius 3 is 2.55 bits per heavy atom. The molecule has 2 unspecified atom stereocenters. The largest absolute Gasteiger partial charge is 0.394 e. The van der Waals surface area contributed by atoms with Gasteiger partial charge in [0.15, 0.2) is 6.23 Å². The van der Waals surface area contributed by atoms with Crippen LogP contribution in [0.4, 0.5) is 4.39 Å². The van der Waals surface area contributed by atoms with Crippen LogP contribution < -0.4 is 11.2 Å². The number of aliphatic hydroxyl groups excluding tert-OH is 3. The number of nitrogens with zero attached hydrogens (tertiary/aromatic N) is 3. The molecule has 3 aromatic rings. The van der Waals surface area contributed by atoms with Crippen molar-refractivity contribution in [1.82, 2.24) is 14.1 Å². The minimum Gasteiger partial charge on any atom is -0.394 e. The average molecular weight is 429 g/mol. The summed E-state index contributed by atoms with van der Waals surface area (Å²) < 4.78 is 20.8. The molecule has 2 aromatic heterocycles. The highest BCUT2D eigenvalue weighted by molar-refractivity contribution is 5.63. The van der Waals surface area contributed by atoms with Crippen LogP contribution in [0.15, 0.2) is 64.4 Å². The summed E-state index contributed by atoms with van der Waals surface area (Å²) in [6.45, 7) is -0.712. The minimum absolute atomic E-state index is 0.170. The van der Waals surface area contributed by atoms with Gasteiger partial charge in [0.2, 0.25) is 0 Å². The predicted octanol–water partition coefficient (Wildman–Crippen LogP) is -0.129. The second-order valence-corrected chi connectivity index (χ2v) is 7.21. The maximum atomic E-state index is 13.5. The minimum atomic E-state index is -1.46. The number of rotatable bonds is 5. The van der Waals surface area contributed by atoms with Crippen LogP contribution >= 0.6 is 0 Å². The van der Waals surface area contributed by atoms with Gasteiger partial charge in [-0.2, -0.15) is 0 Å². The molecule has 162 valence electrons. The number of halogens is 1. The van der Waals surface area contributed by atoms with Crippen molar-refractivity contribution < 1.29 is 24.4 Å². The van der Waals surface area contributed by atoms with Crippen LogP contribution in [0, 0.1) is 5.82 Å². The molecule has 0 aliphatic carbocycles. The highest BCUT2D eigenvalue weighted by atomic mass is 19.1. The summed E-state index contributed by atoms with van der Waals surface area (Å²) in [7, 11) is 0. The second kappa shape index (κ2) is 8.52. The highest BCUT2D eigenvalue weighted by Gasteiger charge is 2.43. The standard InChI is InChI=1S/C21H20FN3O6/c22-14-3-1-2-12(8-14)13-4-6-23-15(9-13)10-25-17(27)5-7-24(21(25)30)20-19(29)18(28)16(11-26)31-20/h1-9,16,18-20,26,28-29H,10-11H2/t16-,18?,19?,20-/m1/s1. The molecule has 4 rings (SSSR count). The number of ether oxygens (including phenoxy) is 1. The maximum Gasteiger partial charge on any atom is 0.333 e. The van der Waals surface area contributed by atoms with E-state index in [2.05, 4.69) is 4.98 Å². The summed E-state index contributed by atoms with van der Waals surface area (Å²) in [5.41, 5.74) is 0.302. The molecule has 0 amide bonds. The fourth-order valence-electron chi connectivity index (χ4n) is 3.55. The Hall–Kier alpha value is -3.18. The molecule has 0 spiro atoms. The van der Waals surface area contributed by atoms with Crippen LogP contribution in [-0.2, 0) is 11.3 Å². The van der Waals surface area contributed by atoms with Crippen molar-refractivity contribution in [3.05, 3.63) is 87.2 Å². The number of hydrogen-bond acceptors (Lipinski definition) is 7. The third kappa shape index (κ3) is 4.06. The quantitative estimate of drug-likeness (QED) is 0.516. The van der Waals surface area contributed by atoms with Crippen LogP contribution in [0.1, 0.15) is 11.9 Å². The molecule has 4 atom stereocenters. The van der Waals surface area contributed by atoms with Gasteiger partial charge in [-0.1, -0.05) is 12.1 Å². The fraction of sp³-hybridized carbons (Fsp3) is 0.286. The predicted molar refractivity (Wildman–Crippen MR) is 107 cm³/mol. The third-order valence-electron chi connectivity index (χ3n) is 5.18. The van der Waals surface area contributed by atoms with Gasteiger partial charge in [-0.05, 0) is 35.4 Å². The van der Waals surface area contributed by atoms with Gasteiger partial charge in [0.05, 0.1) is 18.8 Å². The van der Waals surface area contributed by atoms with Crippen molar-refractivity contribution in [3.8, 4) is 11.1 Å². The van der Waals surface area contributed by atoms with Gasteiger partial charge in [-0.15, -0.1) is 0 Å². The SMILES string of the molecule is O=c1ccn([C@@H]2O[C@H](CO)C(O)C2O)c(=O)n1Cc1cc(-c2cccc(F)c2)ccn1. The first kappa shape index (κ1) is 21.1. The molecule has 0 saturated carbocycles. The molecular weight excluding hydrogens is 409 g/mol. The van der Waals surface area contributed by atoms with Gasteiger partial charge in [-0.25, -0.2) is 9.18 Å². The lowest BCUT2D eigenvalue weighted by Crippen LogP contribution is -2.43. The number of aromatic nitrogens is 3. The number of hydrogen-bond donors (Lipinski definition) is 3. The van der Waals surface area contributed by atoms with E-state index in [1.807, 2.05) is 0 Å². The molecule has 1 aliphatic heterocycles. The lowest BCUT2D eigenvalue weighted by molar-refractivity contribution is -0.0555. The van der Waals surface area contributed by atoms with Crippen LogP contribution in [0.25, 0.3) is 11.1 Å². The van der Waals surface area contributed by atoms with Gasteiger partial charge >= 0.3 is 5.69 Å². The zero-order valence-corrected chi connectivity index (χ0v) is 16.2. The number of aliphatic hydroxyl groups is 3. The van der Waals surface area contributed by atoms with E-state index in [1.54, 1.807) is 24.3 Å². The Morgan fingerprint density at radius 2 is 1.84 bits per heavy atom. The lowest BCUT2D eigenvalue weighted by atomic mass is 10.1. The molecular formula is C21H20FN3O6. The summed E-state index contributed by atoms with van der Waals surface area (Å²) in [5, 5.41) is 29.4. The average Bonchev–Trinajstić information content (AvgIpc) is 3.05. The molecule has 1 aliphatic rings. The first-order valence-corrected chi connectivity index (χ1v) is 9.54. The Bertz CT molecular complexity index is 1210. The van der Waals surface area contributed by atoms with Crippen molar-refractivity contribution in [2.75, 3.05) is 6.61 Å². The first-order chi connectivity index (χ1) is 14.9. The number of pyridine rings is 1. The summed E-state index contributed by atoms with van der Waals surface area (Å²) in [6.07, 6.45) is -2.51. The van der Waals surface area contributed by atoms with Gasteiger partial charge in [0, 0.05) is 18.5 Å². The molecule has 1 fully saturated rings. The fourth-order valence-corrected chi connectivity index (χ4v) is 3.55. The zero-order valence-electron chi connectivity index (χ0n) is 16.2. The van der Waals surface area contributed by atoms with Crippen LogP contribution in [-0.4, -0.2) is 54.4 Å². The van der Waals surface area contributed by atoms with Crippen LogP contribution in [0.2, 0.25) is 0 Å². The lowest BCUT2D eigenvalue weighted by Gasteiger charge is -2.18. The zero-order chi connectivity index (χ0) is 22.1. The summed E-state index contributed by atoms with van der Waals surface area (Å²) in [5.74, 6) is -0.392. The van der Waals surface area contributed by atoms with E-state index in [4.69, 9.17) is 4.74 Å². The Labute approximate surface area is 175 Å². The van der Waals surface area contributed by atoms with E-state index in [1.165, 1.54) is 18.3 Å². The van der Waals surface area contributed by atoms with E-state index < -0.39 is 48.2 Å². The Kier molecular flexibility index (Phi) is 5.79. The molecule has 9 nitrogen and oxygen atoms in total. The summed E-state index contributed by atoms with van der Waals surface area (Å²) in [4.78, 5) is 29.5. The van der Waals surface area contributed by atoms with Crippen LogP contribution in [0.3, 0.4) is 0 Å². The van der Waals surface area contributed by atoms with Crippen molar-refractivity contribution >= 4 is 0 Å². The maximum absolute atomic E-state index is 13.5. The Balaban J connectivity index is 1.67. The molecule has 10 heteroatoms. The van der Waals surface area contributed by atoms with Crippen molar-refractivity contribution in [2.24, 2.45) is 0 Å². The van der Waals surface area contributed by atoms with Crippen molar-refractivity contribution in [1.29, 1.82) is 0 Å². The highest BCUT2D eigenvalue weighted by Crippen LogP contribution is 2.28.